The average molecular weight is 492 g/mol. The Labute approximate surface area is 198 Å². The number of benzene rings is 2. The smallest absolute Gasteiger partial charge is 0.417 e. The van der Waals surface area contributed by atoms with E-state index in [1.165, 1.54) is 22.5 Å². The zero-order valence-corrected chi connectivity index (χ0v) is 20.1. The van der Waals surface area contributed by atoms with Gasteiger partial charge < -0.3 is 18.6 Å². The van der Waals surface area contributed by atoms with Gasteiger partial charge in [0.05, 0.1) is 37.8 Å². The normalized spacial score (nSPS) is 15.1. The fraction of sp³-hybridized carbons (Fsp3) is 0.435. The van der Waals surface area contributed by atoms with Crippen molar-refractivity contribution in [2.45, 2.75) is 17.9 Å². The van der Waals surface area contributed by atoms with E-state index in [2.05, 4.69) is 9.88 Å². The van der Waals surface area contributed by atoms with Crippen LogP contribution in [0.25, 0.3) is 11.1 Å². The van der Waals surface area contributed by atoms with Gasteiger partial charge in [0.2, 0.25) is 10.0 Å². The lowest BCUT2D eigenvalue weighted by Crippen LogP contribution is -2.39. The Balaban J connectivity index is 1.60. The molecule has 0 bridgehead atoms. The van der Waals surface area contributed by atoms with Gasteiger partial charge in [-0.1, -0.05) is 6.07 Å². The topological polar surface area (TPSA) is 114 Å². The predicted molar refractivity (Wildman–Crippen MR) is 126 cm³/mol. The second kappa shape index (κ2) is 10.6. The fourth-order valence-corrected chi connectivity index (χ4v) is 5.48. The highest BCUT2D eigenvalue weighted by Gasteiger charge is 2.26. The van der Waals surface area contributed by atoms with Crippen LogP contribution in [0, 0.1) is 0 Å². The van der Waals surface area contributed by atoms with Gasteiger partial charge in [-0.2, -0.15) is 4.31 Å². The van der Waals surface area contributed by atoms with Crippen LogP contribution < -0.4 is 15.2 Å². The number of aromatic amines is 1. The van der Waals surface area contributed by atoms with Crippen molar-refractivity contribution in [3.63, 3.8) is 0 Å². The number of fused-ring (bicyclic) bond motifs is 1. The number of ether oxygens (including phenoxy) is 3. The number of sulfonamides is 1. The highest BCUT2D eigenvalue weighted by Crippen LogP contribution is 2.29. The van der Waals surface area contributed by atoms with Crippen molar-refractivity contribution in [2.24, 2.45) is 0 Å². The summed E-state index contributed by atoms with van der Waals surface area (Å²) in [6.07, 6.45) is 0.661. The molecule has 1 aromatic heterocycles. The van der Waals surface area contributed by atoms with Gasteiger partial charge in [0.15, 0.2) is 17.1 Å². The monoisotopic (exact) mass is 491 g/mol. The van der Waals surface area contributed by atoms with Crippen LogP contribution in [0.3, 0.4) is 0 Å². The van der Waals surface area contributed by atoms with E-state index in [1.807, 2.05) is 6.07 Å². The van der Waals surface area contributed by atoms with Crippen LogP contribution in [0.15, 0.2) is 50.5 Å². The van der Waals surface area contributed by atoms with E-state index in [0.717, 1.165) is 25.2 Å². The molecule has 10 nitrogen and oxygen atoms in total. The number of oxazole rings is 1. The van der Waals surface area contributed by atoms with Crippen LogP contribution in [-0.4, -0.2) is 76.2 Å². The molecule has 1 fully saturated rings. The molecular weight excluding hydrogens is 462 g/mol. The number of H-pyrrole nitrogens is 1. The van der Waals surface area contributed by atoms with Gasteiger partial charge in [-0.15, -0.1) is 0 Å². The summed E-state index contributed by atoms with van der Waals surface area (Å²) >= 11 is 0. The lowest BCUT2D eigenvalue weighted by molar-refractivity contribution is 0.0368. The molecule has 0 unspecified atom stereocenters. The summed E-state index contributed by atoms with van der Waals surface area (Å²) in [6, 6.07) is 9.75. The molecule has 3 aromatic rings. The van der Waals surface area contributed by atoms with E-state index < -0.39 is 15.8 Å². The Bertz CT molecular complexity index is 1280. The minimum absolute atomic E-state index is 0.0644. The fourth-order valence-electron chi connectivity index (χ4n) is 4.00. The predicted octanol–water partition coefficient (Wildman–Crippen LogP) is 2.05. The van der Waals surface area contributed by atoms with E-state index in [4.69, 9.17) is 18.6 Å². The Morgan fingerprint density at radius 2 is 1.82 bits per heavy atom. The quantitative estimate of drug-likeness (QED) is 0.458. The highest BCUT2D eigenvalue weighted by molar-refractivity contribution is 7.89. The summed E-state index contributed by atoms with van der Waals surface area (Å²) in [6.45, 7) is 4.30. The molecule has 0 atom stereocenters. The Morgan fingerprint density at radius 3 is 2.56 bits per heavy atom. The zero-order chi connectivity index (χ0) is 24.1. The molecule has 2 heterocycles. The van der Waals surface area contributed by atoms with Gasteiger partial charge >= 0.3 is 5.76 Å². The van der Waals surface area contributed by atoms with Crippen molar-refractivity contribution in [2.75, 3.05) is 53.6 Å². The SMILES string of the molecule is COc1ccc(CN(CCCN2CCOCC2)S(=O)(=O)c2ccc3[nH]c(=O)oc3c2)cc1OC. The van der Waals surface area contributed by atoms with Crippen molar-refractivity contribution < 1.29 is 27.0 Å². The van der Waals surface area contributed by atoms with Crippen molar-refractivity contribution in [1.29, 1.82) is 0 Å². The summed E-state index contributed by atoms with van der Waals surface area (Å²) in [7, 11) is -0.786. The third-order valence-electron chi connectivity index (χ3n) is 5.82. The first-order valence-corrected chi connectivity index (χ1v) is 12.5. The number of hydrogen-bond acceptors (Lipinski definition) is 8. The third kappa shape index (κ3) is 5.44. The molecule has 0 aliphatic carbocycles. The molecule has 1 aliphatic rings. The van der Waals surface area contributed by atoms with Crippen molar-refractivity contribution >= 4 is 21.1 Å². The standard InChI is InChI=1S/C23H29N3O7S/c1-30-20-7-4-17(14-22(20)31-2)16-26(9-3-8-25-10-12-32-13-11-25)34(28,29)18-5-6-19-21(15-18)33-23(27)24-19/h4-7,14-15H,3,8-13,16H2,1-2H3,(H,24,27). The summed E-state index contributed by atoms with van der Waals surface area (Å²) in [5, 5.41) is 0. The molecule has 0 saturated carbocycles. The third-order valence-corrected chi connectivity index (χ3v) is 7.66. The van der Waals surface area contributed by atoms with Crippen LogP contribution in [0.2, 0.25) is 0 Å². The van der Waals surface area contributed by atoms with Gasteiger partial charge in [0.25, 0.3) is 0 Å². The summed E-state index contributed by atoms with van der Waals surface area (Å²) in [4.78, 5) is 16.4. The number of methoxy groups -OCH3 is 2. The molecule has 2 aromatic carbocycles. The van der Waals surface area contributed by atoms with E-state index >= 15 is 0 Å². The maximum Gasteiger partial charge on any atom is 0.417 e. The first-order valence-electron chi connectivity index (χ1n) is 11.0. The summed E-state index contributed by atoms with van der Waals surface area (Å²) < 4.78 is 49.9. The lowest BCUT2D eigenvalue weighted by atomic mass is 10.2. The zero-order valence-electron chi connectivity index (χ0n) is 19.3. The number of nitrogens with zero attached hydrogens (tertiary/aromatic N) is 2. The molecular formula is C23H29N3O7S. The second-order valence-corrected chi connectivity index (χ2v) is 9.95. The maximum absolute atomic E-state index is 13.7. The Morgan fingerprint density at radius 1 is 1.06 bits per heavy atom. The number of aromatic nitrogens is 1. The summed E-state index contributed by atoms with van der Waals surface area (Å²) in [5.41, 5.74) is 1.41. The average Bonchev–Trinajstić information content (AvgIpc) is 3.23. The molecule has 4 rings (SSSR count). The van der Waals surface area contributed by atoms with Crippen LogP contribution in [-0.2, 0) is 21.3 Å². The van der Waals surface area contributed by atoms with Gasteiger partial charge in [0.1, 0.15) is 0 Å². The molecule has 0 spiro atoms. The second-order valence-electron chi connectivity index (χ2n) is 8.01. The molecule has 184 valence electrons. The Kier molecular flexibility index (Phi) is 7.57. The number of nitrogens with one attached hydrogen (secondary N) is 1. The number of morpholine rings is 1. The van der Waals surface area contributed by atoms with Gasteiger partial charge in [-0.25, -0.2) is 13.2 Å². The van der Waals surface area contributed by atoms with Crippen LogP contribution in [0.5, 0.6) is 11.5 Å². The first-order chi connectivity index (χ1) is 16.4. The van der Waals surface area contributed by atoms with E-state index in [1.54, 1.807) is 26.4 Å². The highest BCUT2D eigenvalue weighted by atomic mass is 32.2. The molecule has 11 heteroatoms. The van der Waals surface area contributed by atoms with Gasteiger partial charge in [-0.3, -0.25) is 9.88 Å². The first kappa shape index (κ1) is 24.3. The van der Waals surface area contributed by atoms with Crippen molar-refractivity contribution in [1.82, 2.24) is 14.2 Å². The van der Waals surface area contributed by atoms with E-state index in [0.29, 0.717) is 43.2 Å². The number of rotatable bonds is 10. The molecule has 1 N–H and O–H groups in total. The molecule has 0 amide bonds. The van der Waals surface area contributed by atoms with Gasteiger partial charge in [0, 0.05) is 32.2 Å². The minimum Gasteiger partial charge on any atom is -0.493 e. The van der Waals surface area contributed by atoms with Crippen LogP contribution in [0.4, 0.5) is 0 Å². The van der Waals surface area contributed by atoms with Crippen molar-refractivity contribution in [3.05, 3.63) is 52.5 Å². The van der Waals surface area contributed by atoms with Crippen LogP contribution >= 0.6 is 0 Å². The minimum atomic E-state index is -3.88. The van der Waals surface area contributed by atoms with Crippen molar-refractivity contribution in [3.8, 4) is 11.5 Å². The number of hydrogen-bond donors (Lipinski definition) is 1. The lowest BCUT2D eigenvalue weighted by Gasteiger charge is -2.28. The van der Waals surface area contributed by atoms with Crippen LogP contribution in [0.1, 0.15) is 12.0 Å². The molecule has 34 heavy (non-hydrogen) atoms. The maximum atomic E-state index is 13.7. The molecule has 0 radical (unpaired) electrons. The Hall–Kier alpha value is -2.86. The molecule has 1 saturated heterocycles. The van der Waals surface area contributed by atoms with Gasteiger partial charge in [-0.05, 0) is 42.8 Å². The largest absolute Gasteiger partial charge is 0.493 e. The summed E-state index contributed by atoms with van der Waals surface area (Å²) in [5.74, 6) is 0.472. The molecule has 1 aliphatic heterocycles. The van der Waals surface area contributed by atoms with E-state index in [-0.39, 0.29) is 17.0 Å². The van der Waals surface area contributed by atoms with E-state index in [9.17, 15) is 13.2 Å².